The predicted octanol–water partition coefficient (Wildman–Crippen LogP) is 2.41. The summed E-state index contributed by atoms with van der Waals surface area (Å²) in [6.45, 7) is 5.13. The second-order valence-corrected chi connectivity index (χ2v) is 5.52. The molecule has 1 unspecified atom stereocenters. The van der Waals surface area contributed by atoms with E-state index < -0.39 is 11.4 Å². The fraction of sp³-hybridized carbons (Fsp3) is 0.312. The fourth-order valence-corrected chi connectivity index (χ4v) is 3.23. The van der Waals surface area contributed by atoms with Gasteiger partial charge in [-0.3, -0.25) is 4.79 Å². The Labute approximate surface area is 121 Å². The average molecular weight is 288 g/mol. The molecule has 0 amide bonds. The van der Waals surface area contributed by atoms with Gasteiger partial charge in [0.2, 0.25) is 5.78 Å². The highest BCUT2D eigenvalue weighted by atomic mass is 16.5. The average Bonchev–Trinajstić information content (AvgIpc) is 2.81. The zero-order valence-electron chi connectivity index (χ0n) is 12.3. The summed E-state index contributed by atoms with van der Waals surface area (Å²) in [5.41, 5.74) is 0.839. The van der Waals surface area contributed by atoms with Crippen LogP contribution >= 0.6 is 0 Å². The van der Waals surface area contributed by atoms with Gasteiger partial charge in [-0.15, -0.1) is 0 Å². The number of methoxy groups -OCH3 is 1. The Morgan fingerprint density at radius 1 is 1.24 bits per heavy atom. The number of aromatic hydroxyl groups is 1. The highest BCUT2D eigenvalue weighted by molar-refractivity contribution is 6.13. The van der Waals surface area contributed by atoms with E-state index in [1.165, 1.54) is 13.4 Å². The minimum atomic E-state index is -1.41. The van der Waals surface area contributed by atoms with Crippen LogP contribution in [0.2, 0.25) is 0 Å². The quantitative estimate of drug-likeness (QED) is 0.842. The molecule has 5 nitrogen and oxygen atoms in total. The monoisotopic (exact) mass is 288 g/mol. The van der Waals surface area contributed by atoms with Crippen LogP contribution in [0.5, 0.6) is 11.5 Å². The van der Waals surface area contributed by atoms with Gasteiger partial charge in [0.05, 0.1) is 18.9 Å². The highest BCUT2D eigenvalue weighted by Gasteiger charge is 2.45. The number of ketones is 1. The fourth-order valence-electron chi connectivity index (χ4n) is 3.23. The van der Waals surface area contributed by atoms with Crippen molar-refractivity contribution < 1.29 is 24.2 Å². The molecule has 0 fully saturated rings. The lowest BCUT2D eigenvalue weighted by molar-refractivity contribution is 0.0817. The van der Waals surface area contributed by atoms with Crippen LogP contribution in [-0.4, -0.2) is 23.1 Å². The van der Waals surface area contributed by atoms with Crippen molar-refractivity contribution in [3.63, 3.8) is 0 Å². The Bertz CT molecular complexity index is 767. The van der Waals surface area contributed by atoms with Crippen molar-refractivity contribution in [1.29, 1.82) is 0 Å². The first kappa shape index (κ1) is 13.7. The number of phenolic OH excluding ortho intramolecular Hbond substituents is 1. The van der Waals surface area contributed by atoms with E-state index in [-0.39, 0.29) is 22.8 Å². The molecule has 0 spiro atoms. The second kappa shape index (κ2) is 4.11. The number of ether oxygens (including phenoxy) is 1. The van der Waals surface area contributed by atoms with Crippen LogP contribution in [0.3, 0.4) is 0 Å². The molecule has 2 N–H and O–H groups in total. The molecule has 0 bridgehead atoms. The van der Waals surface area contributed by atoms with Crippen LogP contribution in [0.25, 0.3) is 0 Å². The molecule has 1 aromatic heterocycles. The summed E-state index contributed by atoms with van der Waals surface area (Å²) in [4.78, 5) is 12.6. The van der Waals surface area contributed by atoms with Gasteiger partial charge >= 0.3 is 0 Å². The van der Waals surface area contributed by atoms with Gasteiger partial charge < -0.3 is 19.4 Å². The Hall–Kier alpha value is -2.27. The van der Waals surface area contributed by atoms with Crippen LogP contribution in [0, 0.1) is 13.8 Å². The molecule has 3 rings (SSSR count). The predicted molar refractivity (Wildman–Crippen MR) is 74.9 cm³/mol. The van der Waals surface area contributed by atoms with Gasteiger partial charge in [-0.2, -0.15) is 0 Å². The summed E-state index contributed by atoms with van der Waals surface area (Å²) >= 11 is 0. The van der Waals surface area contributed by atoms with Gasteiger partial charge in [0.1, 0.15) is 5.60 Å². The van der Waals surface area contributed by atoms with Crippen LogP contribution in [0.15, 0.2) is 16.7 Å². The number of hydrogen-bond donors (Lipinski definition) is 2. The number of fused-ring (bicyclic) bond motifs is 2. The number of phenols is 1. The Morgan fingerprint density at radius 3 is 2.52 bits per heavy atom. The summed E-state index contributed by atoms with van der Waals surface area (Å²) < 4.78 is 10.4. The van der Waals surface area contributed by atoms with Gasteiger partial charge in [0, 0.05) is 11.1 Å². The summed E-state index contributed by atoms with van der Waals surface area (Å²) in [7, 11) is 1.41. The standard InChI is InChI=1S/C16H16O5/c1-7-5-9(20-4)13(17)10-11(7)16(3,19)12-8(2)6-21-15(12)14(10)18/h5-6,17,19H,1-4H3. The first-order valence-electron chi connectivity index (χ1n) is 6.57. The first-order chi connectivity index (χ1) is 9.80. The largest absolute Gasteiger partial charge is 0.504 e. The number of carbonyl (C=O) groups excluding carboxylic acids is 1. The minimum Gasteiger partial charge on any atom is -0.504 e. The number of benzene rings is 1. The van der Waals surface area contributed by atoms with Crippen molar-refractivity contribution in [3.8, 4) is 11.5 Å². The number of aliphatic hydroxyl groups is 1. The molecule has 0 radical (unpaired) electrons. The third-order valence-corrected chi connectivity index (χ3v) is 4.06. The lowest BCUT2D eigenvalue weighted by Crippen LogP contribution is -2.33. The molecule has 0 saturated heterocycles. The molecule has 0 aliphatic heterocycles. The third kappa shape index (κ3) is 1.58. The van der Waals surface area contributed by atoms with E-state index >= 15 is 0 Å². The van der Waals surface area contributed by atoms with Gasteiger partial charge in [-0.05, 0) is 38.0 Å². The Kier molecular flexibility index (Phi) is 2.68. The van der Waals surface area contributed by atoms with E-state index in [9.17, 15) is 15.0 Å². The number of rotatable bonds is 1. The lowest BCUT2D eigenvalue weighted by atomic mass is 9.74. The molecule has 1 atom stereocenters. The molecule has 1 aliphatic carbocycles. The second-order valence-electron chi connectivity index (χ2n) is 5.52. The first-order valence-corrected chi connectivity index (χ1v) is 6.57. The van der Waals surface area contributed by atoms with Crippen molar-refractivity contribution in [2.75, 3.05) is 7.11 Å². The van der Waals surface area contributed by atoms with Crippen LogP contribution < -0.4 is 4.74 Å². The van der Waals surface area contributed by atoms with E-state index in [0.29, 0.717) is 22.3 Å². The highest BCUT2D eigenvalue weighted by Crippen LogP contribution is 2.48. The van der Waals surface area contributed by atoms with Crippen molar-refractivity contribution >= 4 is 5.78 Å². The smallest absolute Gasteiger partial charge is 0.232 e. The van der Waals surface area contributed by atoms with Gasteiger partial charge in [0.25, 0.3) is 0 Å². The summed E-state index contributed by atoms with van der Waals surface area (Å²) in [6, 6.07) is 1.61. The Morgan fingerprint density at radius 2 is 1.90 bits per heavy atom. The SMILES string of the molecule is COc1cc(C)c2c(c1O)C(=O)c1occ(C)c1C2(C)O. The van der Waals surface area contributed by atoms with E-state index in [4.69, 9.17) is 9.15 Å². The molecule has 5 heteroatoms. The molecular weight excluding hydrogens is 272 g/mol. The molecule has 0 saturated carbocycles. The van der Waals surface area contributed by atoms with Crippen molar-refractivity contribution in [2.24, 2.45) is 0 Å². The van der Waals surface area contributed by atoms with E-state index in [1.807, 2.05) is 0 Å². The zero-order chi connectivity index (χ0) is 15.5. The van der Waals surface area contributed by atoms with Crippen LogP contribution in [-0.2, 0) is 5.60 Å². The van der Waals surface area contributed by atoms with E-state index in [2.05, 4.69) is 0 Å². The summed E-state index contributed by atoms with van der Waals surface area (Å²) in [6.07, 6.45) is 1.44. The van der Waals surface area contributed by atoms with Gasteiger partial charge in [-0.25, -0.2) is 0 Å². The summed E-state index contributed by atoms with van der Waals surface area (Å²) in [5, 5.41) is 21.3. The number of hydrogen-bond acceptors (Lipinski definition) is 5. The van der Waals surface area contributed by atoms with E-state index in [0.717, 1.165) is 0 Å². The van der Waals surface area contributed by atoms with Crippen molar-refractivity contribution in [2.45, 2.75) is 26.4 Å². The summed E-state index contributed by atoms with van der Waals surface area (Å²) in [5.74, 6) is -0.461. The topological polar surface area (TPSA) is 79.9 Å². The molecule has 1 aromatic carbocycles. The number of furan rings is 1. The molecular formula is C16H16O5. The van der Waals surface area contributed by atoms with E-state index in [1.54, 1.807) is 26.8 Å². The maximum atomic E-state index is 12.6. The molecule has 1 aliphatic rings. The molecule has 2 aromatic rings. The number of carbonyl (C=O) groups is 1. The molecule has 110 valence electrons. The van der Waals surface area contributed by atoms with Crippen molar-refractivity contribution in [3.05, 3.63) is 45.9 Å². The number of aryl methyl sites for hydroxylation is 2. The normalized spacial score (nSPS) is 20.1. The maximum absolute atomic E-state index is 12.6. The molecule has 21 heavy (non-hydrogen) atoms. The van der Waals surface area contributed by atoms with Crippen molar-refractivity contribution in [1.82, 2.24) is 0 Å². The molecule has 1 heterocycles. The minimum absolute atomic E-state index is 0.0405. The van der Waals surface area contributed by atoms with Gasteiger partial charge in [0.15, 0.2) is 17.3 Å². The maximum Gasteiger partial charge on any atom is 0.232 e. The van der Waals surface area contributed by atoms with Gasteiger partial charge in [-0.1, -0.05) is 0 Å². The van der Waals surface area contributed by atoms with Crippen LogP contribution in [0.4, 0.5) is 0 Å². The zero-order valence-corrected chi connectivity index (χ0v) is 12.3. The lowest BCUT2D eigenvalue weighted by Gasteiger charge is -2.32. The Balaban J connectivity index is 2.44. The third-order valence-electron chi connectivity index (χ3n) is 4.06. The van der Waals surface area contributed by atoms with Crippen LogP contribution in [0.1, 0.15) is 45.3 Å².